The number of anilines is 1. The zero-order valence-electron chi connectivity index (χ0n) is 45.9. The first kappa shape index (κ1) is 57.6. The number of nitrogens with zero attached hydrogens (tertiary/aromatic N) is 5. The van der Waals surface area contributed by atoms with E-state index in [9.17, 15) is 0 Å². The van der Waals surface area contributed by atoms with E-state index < -0.39 is 23.3 Å². The van der Waals surface area contributed by atoms with Gasteiger partial charge in [-0.05, 0) is 128 Å². The molecule has 6 aliphatic rings. The molecule has 13 heteroatoms. The van der Waals surface area contributed by atoms with Crippen LogP contribution < -0.4 is 45.5 Å². The summed E-state index contributed by atoms with van der Waals surface area (Å²) in [6.45, 7) is 27.5. The molecular weight excluding hydrogens is 989 g/mol. The van der Waals surface area contributed by atoms with E-state index in [1.807, 2.05) is 30.0 Å². The largest absolute Gasteiger partial charge is 1.00 e. The number of nitrogens with one attached hydrogen (secondary N) is 1. The number of nitrogens with two attached hydrogens (primary N) is 1. The molecule has 3 aliphatic heterocycles. The molecule has 4 heterocycles. The number of piperidine rings is 1. The molecule has 400 valence electrons. The molecule has 11 rings (SSSR count). The van der Waals surface area contributed by atoms with Crippen LogP contribution in [0.25, 0.3) is 27.7 Å². The van der Waals surface area contributed by atoms with Crippen molar-refractivity contribution in [2.75, 3.05) is 37.6 Å². The van der Waals surface area contributed by atoms with Crippen molar-refractivity contribution in [2.24, 2.45) is 30.5 Å². The summed E-state index contributed by atoms with van der Waals surface area (Å²) in [4.78, 5) is 7.12. The van der Waals surface area contributed by atoms with Gasteiger partial charge in [-0.2, -0.15) is 5.10 Å². The van der Waals surface area contributed by atoms with E-state index in [4.69, 9.17) is 17.3 Å². The van der Waals surface area contributed by atoms with E-state index in [0.717, 1.165) is 73.0 Å². The molecule has 76 heavy (non-hydrogen) atoms. The normalized spacial score (nSPS) is 23.9. The predicted octanol–water partition coefficient (Wildman–Crippen LogP) is 11.9. The molecule has 4 aromatic carbocycles. The third kappa shape index (κ3) is 10.6. The van der Waals surface area contributed by atoms with E-state index in [1.165, 1.54) is 75.9 Å². The first-order valence-electron chi connectivity index (χ1n) is 27.2. The molecule has 7 nitrogen and oxygen atoms in total. The Morgan fingerprint density at radius 3 is 2.17 bits per heavy atom. The number of hydrogen-bond donors (Lipinski definition) is 2. The number of aryl methyl sites for hydroxylation is 2. The topological polar surface area (TPSA) is 65.6 Å². The standard InChI is InChI=1S/C34H46F2N6.C28H28ClF2N.CH3.Na/c1-21-10-15-42(23(3)37-21)34-29-18-30(35)31(32(36)33(29)39(4)38-34)25-11-13-40(14-12-25)28-16-26-19-41(20-27(26)17-28)22(2)24-8-6-5-7-9-24;1-5-9-18-12-13-21(17(3)32)24(27(18)31)25-23-16(2)28(4,20-10-7-6-8-11-20)15-19(23)14-22(30)26(25)29;;/h18,24-28,37H,1-3,5-17,19-20H2,4H3;6-8,10-14,16H,3,5,9,15,32H2,1-2,4H3;1H3;/q;;-1;+1. The van der Waals surface area contributed by atoms with Gasteiger partial charge in [0.2, 0.25) is 0 Å². The first-order valence-corrected chi connectivity index (χ1v) is 27.6. The zero-order valence-corrected chi connectivity index (χ0v) is 48.7. The molecule has 1 aromatic heterocycles. The molecule has 5 fully saturated rings. The number of rotatable bonds is 10. The summed E-state index contributed by atoms with van der Waals surface area (Å²) in [5.74, 6) is 1.39. The van der Waals surface area contributed by atoms with Gasteiger partial charge in [0.25, 0.3) is 0 Å². The van der Waals surface area contributed by atoms with Crippen LogP contribution in [0, 0.1) is 48.4 Å². The Bertz CT molecular complexity index is 3000. The van der Waals surface area contributed by atoms with Crippen molar-refractivity contribution in [3.63, 3.8) is 0 Å². The minimum absolute atomic E-state index is 0. The average Bonchev–Trinajstić information content (AvgIpc) is 4.15. The maximum absolute atomic E-state index is 16.1. The fraction of sp³-hybridized carbons (Fsp3) is 0.460. The van der Waals surface area contributed by atoms with Crippen molar-refractivity contribution in [3.05, 3.63) is 167 Å². The molecule has 4 atom stereocenters. The van der Waals surface area contributed by atoms with Crippen LogP contribution in [0.15, 0.2) is 98.1 Å². The quantitative estimate of drug-likeness (QED) is 0.0825. The summed E-state index contributed by atoms with van der Waals surface area (Å²) >= 11 is 6.58. The van der Waals surface area contributed by atoms with Gasteiger partial charge in [-0.3, -0.25) is 4.68 Å². The smallest absolute Gasteiger partial charge is 0.399 e. The fourth-order valence-electron chi connectivity index (χ4n) is 14.1. The third-order valence-electron chi connectivity index (χ3n) is 18.3. The van der Waals surface area contributed by atoms with Crippen LogP contribution in [0.4, 0.5) is 23.4 Å². The number of hydrogen-bond acceptors (Lipinski definition) is 6. The Hall–Kier alpha value is -4.52. The van der Waals surface area contributed by atoms with E-state index in [1.54, 1.807) is 23.9 Å². The number of fused-ring (bicyclic) bond motifs is 3. The van der Waals surface area contributed by atoms with E-state index in [-0.39, 0.29) is 76.1 Å². The van der Waals surface area contributed by atoms with Crippen molar-refractivity contribution in [1.29, 1.82) is 0 Å². The monoisotopic (exact) mass is 1070 g/mol. The van der Waals surface area contributed by atoms with Crippen LogP contribution in [0.1, 0.15) is 137 Å². The van der Waals surface area contributed by atoms with Gasteiger partial charge >= 0.3 is 29.6 Å². The van der Waals surface area contributed by atoms with Gasteiger partial charge in [0.05, 0.1) is 10.4 Å². The van der Waals surface area contributed by atoms with Crippen LogP contribution in [0.3, 0.4) is 0 Å². The maximum Gasteiger partial charge on any atom is 1.00 e. The van der Waals surface area contributed by atoms with Crippen molar-refractivity contribution in [3.8, 4) is 11.1 Å². The van der Waals surface area contributed by atoms with Crippen LogP contribution >= 0.6 is 11.6 Å². The molecule has 0 amide bonds. The zero-order chi connectivity index (χ0) is 52.3. The van der Waals surface area contributed by atoms with Gasteiger partial charge in [-0.15, -0.1) is 0 Å². The molecule has 5 aromatic rings. The summed E-state index contributed by atoms with van der Waals surface area (Å²) in [5, 5.41) is 8.17. The molecule has 2 saturated carbocycles. The summed E-state index contributed by atoms with van der Waals surface area (Å²) in [6.07, 6.45) is 13.5. The van der Waals surface area contributed by atoms with Gasteiger partial charge in [0.1, 0.15) is 28.8 Å². The Balaban J connectivity index is 0.000000204. The molecule has 0 bridgehead atoms. The van der Waals surface area contributed by atoms with Crippen molar-refractivity contribution in [1.82, 2.24) is 24.9 Å². The summed E-state index contributed by atoms with van der Waals surface area (Å²) in [7, 11) is 1.74. The van der Waals surface area contributed by atoms with E-state index in [0.29, 0.717) is 70.6 Å². The summed E-state index contributed by atoms with van der Waals surface area (Å²) in [5.41, 5.74) is 13.5. The first-order chi connectivity index (χ1) is 35.5. The van der Waals surface area contributed by atoms with Crippen LogP contribution in [0.5, 0.6) is 0 Å². The second-order valence-corrected chi connectivity index (χ2v) is 23.1. The minimum atomic E-state index is -0.543. The number of benzene rings is 4. The van der Waals surface area contributed by atoms with E-state index >= 15 is 17.6 Å². The Morgan fingerprint density at radius 1 is 0.868 bits per heavy atom. The van der Waals surface area contributed by atoms with Crippen LogP contribution in [0.2, 0.25) is 5.02 Å². The third-order valence-corrected chi connectivity index (χ3v) is 18.7. The van der Waals surface area contributed by atoms with Crippen molar-refractivity contribution >= 4 is 34.0 Å². The Kier molecular flexibility index (Phi) is 17.8. The molecule has 4 unspecified atom stereocenters. The summed E-state index contributed by atoms with van der Waals surface area (Å²) < 4.78 is 64.4. The molecule has 3 aliphatic carbocycles. The van der Waals surface area contributed by atoms with Crippen molar-refractivity contribution < 1.29 is 47.1 Å². The number of likely N-dealkylation sites (tertiary alicyclic amines) is 2. The number of halogens is 5. The Morgan fingerprint density at radius 2 is 1.54 bits per heavy atom. The fourth-order valence-corrected chi connectivity index (χ4v) is 14.4. The minimum Gasteiger partial charge on any atom is -0.399 e. The van der Waals surface area contributed by atoms with Gasteiger partial charge < -0.3 is 33.2 Å². The van der Waals surface area contributed by atoms with Crippen molar-refractivity contribution in [2.45, 2.75) is 128 Å². The Labute approximate surface area is 477 Å². The molecule has 3 N–H and O–H groups in total. The molecular formula is C63H77ClF4N7Na. The summed E-state index contributed by atoms with van der Waals surface area (Å²) in [6, 6.07) is 17.3. The van der Waals surface area contributed by atoms with Gasteiger partial charge in [-0.25, -0.2) is 17.6 Å². The molecule has 0 radical (unpaired) electrons. The second-order valence-electron chi connectivity index (χ2n) is 22.7. The maximum atomic E-state index is 16.1. The molecule has 3 saturated heterocycles. The van der Waals surface area contributed by atoms with Crippen LogP contribution in [-0.2, 0) is 25.3 Å². The van der Waals surface area contributed by atoms with Gasteiger partial charge in [0.15, 0.2) is 11.6 Å². The predicted molar refractivity (Wildman–Crippen MR) is 301 cm³/mol. The SMILES string of the molecule is C=C(N)c1ccc(CCC)c(F)c1-c1c(Cl)c(F)cc2c1C(C)C(C)(c1ccccc1)C2.C=C1CCN(c2nn(C)c3c(F)c(C4CCN(C5CC6CN(C(=C)C7CCCCC7)CC6C5)CC4)c(F)cc23)C(=C)N1.[CH3-].[Na+]. The van der Waals surface area contributed by atoms with Gasteiger partial charge in [0, 0.05) is 83.9 Å². The van der Waals surface area contributed by atoms with E-state index in [2.05, 4.69) is 72.5 Å². The number of aromatic nitrogens is 2. The second kappa shape index (κ2) is 23.4. The average molecular weight is 1070 g/mol. The van der Waals surface area contributed by atoms with Gasteiger partial charge in [-0.1, -0.05) is 127 Å². The molecule has 0 spiro atoms. The van der Waals surface area contributed by atoms with Crippen LogP contribution in [-0.4, -0.2) is 58.3 Å². The number of allylic oxidation sites excluding steroid dienone is 1.